The lowest BCUT2D eigenvalue weighted by Crippen LogP contribution is -2.35. The molecule has 1 heterocycles. The van der Waals surface area contributed by atoms with Crippen LogP contribution in [0.15, 0.2) is 18.2 Å². The largest absolute Gasteiger partial charge is 0.368 e. The van der Waals surface area contributed by atoms with E-state index in [0.717, 1.165) is 23.4 Å². The van der Waals surface area contributed by atoms with Gasteiger partial charge in [0.15, 0.2) is 0 Å². The maximum absolute atomic E-state index is 6.28. The van der Waals surface area contributed by atoms with Crippen LogP contribution in [-0.4, -0.2) is 18.6 Å². The zero-order valence-corrected chi connectivity index (χ0v) is 13.8. The van der Waals surface area contributed by atoms with Crippen LogP contribution in [0.1, 0.15) is 51.0 Å². The second-order valence-corrected chi connectivity index (χ2v) is 7.34. The number of halogens is 1. The summed E-state index contributed by atoms with van der Waals surface area (Å²) in [6, 6.07) is 7.25. The number of anilines is 1. The van der Waals surface area contributed by atoms with Crippen LogP contribution in [0, 0.1) is 5.92 Å². The van der Waals surface area contributed by atoms with E-state index in [1.165, 1.54) is 56.3 Å². The van der Waals surface area contributed by atoms with Crippen LogP contribution < -0.4 is 10.6 Å². The maximum atomic E-state index is 6.28. The molecule has 0 radical (unpaired) electrons. The Balaban J connectivity index is 1.88. The Bertz CT molecular complexity index is 480. The number of nitrogens with two attached hydrogens (primary N) is 1. The van der Waals surface area contributed by atoms with Gasteiger partial charge in [-0.05, 0) is 62.6 Å². The van der Waals surface area contributed by atoms with E-state index in [-0.39, 0.29) is 6.04 Å². The van der Waals surface area contributed by atoms with Gasteiger partial charge >= 0.3 is 0 Å². The maximum Gasteiger partial charge on any atom is 0.0426 e. The van der Waals surface area contributed by atoms with Crippen LogP contribution in [-0.2, 0) is 6.42 Å². The summed E-state index contributed by atoms with van der Waals surface area (Å²) in [6.45, 7) is 3.25. The van der Waals surface area contributed by atoms with Gasteiger partial charge in [-0.1, -0.05) is 30.5 Å². The van der Waals surface area contributed by atoms with Crippen molar-refractivity contribution >= 4 is 17.3 Å². The van der Waals surface area contributed by atoms with Crippen molar-refractivity contribution < 1.29 is 0 Å². The first-order valence-corrected chi connectivity index (χ1v) is 8.83. The molecular weight excluding hydrogens is 280 g/mol. The lowest BCUT2D eigenvalue weighted by molar-refractivity contribution is 0.430. The van der Waals surface area contributed by atoms with E-state index in [1.54, 1.807) is 0 Å². The Hall–Kier alpha value is -0.730. The molecule has 1 saturated carbocycles. The van der Waals surface area contributed by atoms with Crippen molar-refractivity contribution in [3.05, 3.63) is 28.8 Å². The first kappa shape index (κ1) is 15.2. The zero-order valence-electron chi connectivity index (χ0n) is 13.0. The van der Waals surface area contributed by atoms with E-state index in [2.05, 4.69) is 24.0 Å². The van der Waals surface area contributed by atoms with Gasteiger partial charge in [-0.25, -0.2) is 0 Å². The molecule has 2 nitrogen and oxygen atoms in total. The molecule has 2 fully saturated rings. The van der Waals surface area contributed by atoms with Gasteiger partial charge in [0.25, 0.3) is 0 Å². The second-order valence-electron chi connectivity index (χ2n) is 6.90. The zero-order chi connectivity index (χ0) is 14.8. The fourth-order valence-electron chi connectivity index (χ4n) is 4.25. The summed E-state index contributed by atoms with van der Waals surface area (Å²) in [4.78, 5) is 2.64. The fraction of sp³-hybridized carbons (Fsp3) is 0.667. The molecule has 116 valence electrons. The van der Waals surface area contributed by atoms with Crippen LogP contribution in [0.3, 0.4) is 0 Å². The minimum absolute atomic E-state index is 0.192. The average molecular weight is 307 g/mol. The normalized spacial score (nSPS) is 24.7. The average Bonchev–Trinajstić information content (AvgIpc) is 3.09. The summed E-state index contributed by atoms with van der Waals surface area (Å²) in [6.07, 6.45) is 9.23. The Morgan fingerprint density at radius 2 is 2.00 bits per heavy atom. The van der Waals surface area contributed by atoms with Crippen molar-refractivity contribution in [1.29, 1.82) is 0 Å². The van der Waals surface area contributed by atoms with Crippen LogP contribution >= 0.6 is 11.6 Å². The van der Waals surface area contributed by atoms with E-state index in [4.69, 9.17) is 17.3 Å². The Morgan fingerprint density at radius 1 is 1.24 bits per heavy atom. The van der Waals surface area contributed by atoms with Gasteiger partial charge in [0.1, 0.15) is 0 Å². The summed E-state index contributed by atoms with van der Waals surface area (Å²) >= 11 is 6.28. The molecular formula is C18H27ClN2. The third-order valence-corrected chi connectivity index (χ3v) is 5.38. The highest BCUT2D eigenvalue weighted by molar-refractivity contribution is 6.30. The lowest BCUT2D eigenvalue weighted by Gasteiger charge is -2.33. The Labute approximate surface area is 133 Å². The number of nitrogens with zero attached hydrogens (tertiary/aromatic N) is 1. The van der Waals surface area contributed by atoms with Crippen molar-refractivity contribution in [2.75, 3.05) is 11.4 Å². The van der Waals surface area contributed by atoms with E-state index in [0.29, 0.717) is 0 Å². The van der Waals surface area contributed by atoms with E-state index < -0.39 is 0 Å². The van der Waals surface area contributed by atoms with Crippen molar-refractivity contribution in [3.63, 3.8) is 0 Å². The van der Waals surface area contributed by atoms with Gasteiger partial charge in [0.05, 0.1) is 0 Å². The number of hydrogen-bond donors (Lipinski definition) is 1. The highest BCUT2D eigenvalue weighted by atomic mass is 35.5. The highest BCUT2D eigenvalue weighted by Gasteiger charge is 2.34. The Morgan fingerprint density at radius 3 is 2.71 bits per heavy atom. The summed E-state index contributed by atoms with van der Waals surface area (Å²) in [7, 11) is 0. The first-order chi connectivity index (χ1) is 10.1. The fourth-order valence-corrected chi connectivity index (χ4v) is 4.41. The molecule has 2 atom stereocenters. The molecule has 1 saturated heterocycles. The van der Waals surface area contributed by atoms with Crippen molar-refractivity contribution in [1.82, 2.24) is 0 Å². The molecule has 1 aliphatic heterocycles. The van der Waals surface area contributed by atoms with Crippen molar-refractivity contribution in [3.8, 4) is 0 Å². The SMILES string of the molecule is CC(N)Cc1ccc(Cl)cc1N1CCCC1C1CCCC1. The predicted molar refractivity (Wildman–Crippen MR) is 91.1 cm³/mol. The molecule has 0 aromatic heterocycles. The molecule has 2 aliphatic rings. The van der Waals surface area contributed by atoms with Crippen LogP contribution in [0.25, 0.3) is 0 Å². The van der Waals surface area contributed by atoms with Crippen LogP contribution in [0.4, 0.5) is 5.69 Å². The number of benzene rings is 1. The molecule has 0 amide bonds. The third kappa shape index (κ3) is 3.37. The van der Waals surface area contributed by atoms with Gasteiger partial charge in [0, 0.05) is 29.3 Å². The third-order valence-electron chi connectivity index (χ3n) is 5.14. The van der Waals surface area contributed by atoms with Gasteiger partial charge in [0.2, 0.25) is 0 Å². The first-order valence-electron chi connectivity index (χ1n) is 8.46. The minimum atomic E-state index is 0.192. The molecule has 3 rings (SSSR count). The quantitative estimate of drug-likeness (QED) is 0.894. The molecule has 21 heavy (non-hydrogen) atoms. The Kier molecular flexibility index (Phi) is 4.75. The highest BCUT2D eigenvalue weighted by Crippen LogP contribution is 2.39. The van der Waals surface area contributed by atoms with Crippen LogP contribution in [0.5, 0.6) is 0 Å². The smallest absolute Gasteiger partial charge is 0.0426 e. The van der Waals surface area contributed by atoms with E-state index in [1.807, 2.05) is 6.07 Å². The summed E-state index contributed by atoms with van der Waals surface area (Å²) < 4.78 is 0. The molecule has 1 aromatic carbocycles. The molecule has 1 aromatic rings. The summed E-state index contributed by atoms with van der Waals surface area (Å²) in [5.41, 5.74) is 8.74. The number of rotatable bonds is 4. The molecule has 0 bridgehead atoms. The molecule has 1 aliphatic carbocycles. The summed E-state index contributed by atoms with van der Waals surface area (Å²) in [5.74, 6) is 0.884. The monoisotopic (exact) mass is 306 g/mol. The number of hydrogen-bond acceptors (Lipinski definition) is 2. The van der Waals surface area contributed by atoms with Crippen molar-refractivity contribution in [2.45, 2.75) is 64.0 Å². The molecule has 2 N–H and O–H groups in total. The van der Waals surface area contributed by atoms with Gasteiger partial charge in [-0.3, -0.25) is 0 Å². The topological polar surface area (TPSA) is 29.3 Å². The minimum Gasteiger partial charge on any atom is -0.368 e. The van der Waals surface area contributed by atoms with Gasteiger partial charge in [-0.15, -0.1) is 0 Å². The van der Waals surface area contributed by atoms with Gasteiger partial charge in [-0.2, -0.15) is 0 Å². The van der Waals surface area contributed by atoms with Crippen LogP contribution in [0.2, 0.25) is 5.02 Å². The second kappa shape index (κ2) is 6.58. The van der Waals surface area contributed by atoms with E-state index >= 15 is 0 Å². The lowest BCUT2D eigenvalue weighted by atomic mass is 9.95. The standard InChI is InChI=1S/C18H27ClN2/c1-13(20)11-15-8-9-16(19)12-18(15)21-10-4-7-17(21)14-5-2-3-6-14/h8-9,12-14,17H,2-7,10-11,20H2,1H3. The molecule has 3 heteroatoms. The summed E-state index contributed by atoms with van der Waals surface area (Å²) in [5, 5.41) is 0.843. The molecule has 0 spiro atoms. The predicted octanol–water partition coefficient (Wildman–Crippen LogP) is 4.39. The molecule has 2 unspecified atom stereocenters. The van der Waals surface area contributed by atoms with Gasteiger partial charge < -0.3 is 10.6 Å². The van der Waals surface area contributed by atoms with Crippen molar-refractivity contribution in [2.24, 2.45) is 11.7 Å². The van der Waals surface area contributed by atoms with E-state index in [9.17, 15) is 0 Å².